The molecule has 0 spiro atoms. The van der Waals surface area contributed by atoms with E-state index in [0.29, 0.717) is 5.41 Å². The van der Waals surface area contributed by atoms with E-state index in [-0.39, 0.29) is 5.41 Å². The minimum Gasteiger partial charge on any atom is -0.330 e. The summed E-state index contributed by atoms with van der Waals surface area (Å²) < 4.78 is 0. The van der Waals surface area contributed by atoms with Crippen LogP contribution in [0.25, 0.3) is 0 Å². The number of benzene rings is 1. The van der Waals surface area contributed by atoms with Crippen molar-refractivity contribution in [1.29, 1.82) is 0 Å². The van der Waals surface area contributed by atoms with Crippen LogP contribution < -0.4 is 5.73 Å². The molecule has 1 aliphatic rings. The van der Waals surface area contributed by atoms with Crippen LogP contribution in [0.2, 0.25) is 0 Å². The summed E-state index contributed by atoms with van der Waals surface area (Å²) in [6, 6.07) is 8.25. The van der Waals surface area contributed by atoms with Crippen LogP contribution in [0.1, 0.15) is 31.4 Å². The van der Waals surface area contributed by atoms with Crippen LogP contribution in [-0.4, -0.2) is 6.54 Å². The third-order valence-electron chi connectivity index (χ3n) is 3.87. The largest absolute Gasteiger partial charge is 0.330 e. The molecule has 1 saturated carbocycles. The van der Waals surface area contributed by atoms with Gasteiger partial charge in [-0.2, -0.15) is 0 Å². The molecule has 78 valence electrons. The molecule has 0 amide bonds. The topological polar surface area (TPSA) is 26.0 Å². The highest BCUT2D eigenvalue weighted by atomic mass is 14.7. The fraction of sp³-hybridized carbons (Fsp3) is 0.429. The molecule has 1 unspecified atom stereocenters. The molecule has 1 atom stereocenters. The summed E-state index contributed by atoms with van der Waals surface area (Å²) in [6.07, 6.45) is 6.51. The number of terminal acetylenes is 1. The lowest BCUT2D eigenvalue weighted by Crippen LogP contribution is -2.25. The lowest BCUT2D eigenvalue weighted by atomic mass is 9.87. The van der Waals surface area contributed by atoms with Gasteiger partial charge in [0.25, 0.3) is 0 Å². The predicted octanol–water partition coefficient (Wildman–Crippen LogP) is 2.29. The van der Waals surface area contributed by atoms with Gasteiger partial charge in [0.15, 0.2) is 0 Å². The molecular formula is C14H17N. The maximum Gasteiger partial charge on any atom is 0.0242 e. The molecule has 1 aromatic carbocycles. The normalized spacial score (nSPS) is 27.1. The summed E-state index contributed by atoms with van der Waals surface area (Å²) in [4.78, 5) is 0. The SMILES string of the molecule is C#Cc1ccc(C2(CN)CC2(C)C)cc1. The van der Waals surface area contributed by atoms with Crippen molar-refractivity contribution in [3.63, 3.8) is 0 Å². The summed E-state index contributed by atoms with van der Waals surface area (Å²) in [5.41, 5.74) is 8.68. The summed E-state index contributed by atoms with van der Waals surface area (Å²) in [6.45, 7) is 5.26. The Balaban J connectivity index is 2.35. The third kappa shape index (κ3) is 1.37. The first-order valence-corrected chi connectivity index (χ1v) is 5.33. The zero-order chi connectivity index (χ0) is 11.1. The fourth-order valence-electron chi connectivity index (χ4n) is 2.55. The van der Waals surface area contributed by atoms with E-state index < -0.39 is 0 Å². The van der Waals surface area contributed by atoms with E-state index in [0.717, 1.165) is 12.1 Å². The van der Waals surface area contributed by atoms with Gasteiger partial charge in [-0.05, 0) is 29.5 Å². The quantitative estimate of drug-likeness (QED) is 0.727. The second kappa shape index (κ2) is 3.12. The molecule has 0 aromatic heterocycles. The van der Waals surface area contributed by atoms with E-state index in [1.165, 1.54) is 12.0 Å². The summed E-state index contributed by atoms with van der Waals surface area (Å²) >= 11 is 0. The van der Waals surface area contributed by atoms with E-state index in [1.54, 1.807) is 0 Å². The average Bonchev–Trinajstić information content (AvgIpc) is 2.82. The van der Waals surface area contributed by atoms with Crippen molar-refractivity contribution in [1.82, 2.24) is 0 Å². The first-order valence-electron chi connectivity index (χ1n) is 5.33. The fourth-order valence-corrected chi connectivity index (χ4v) is 2.55. The number of rotatable bonds is 2. The highest BCUT2D eigenvalue weighted by Gasteiger charge is 2.60. The Morgan fingerprint density at radius 1 is 1.33 bits per heavy atom. The molecular weight excluding hydrogens is 182 g/mol. The van der Waals surface area contributed by atoms with E-state index in [2.05, 4.69) is 31.9 Å². The molecule has 1 aliphatic carbocycles. The Labute approximate surface area is 91.7 Å². The molecule has 15 heavy (non-hydrogen) atoms. The van der Waals surface area contributed by atoms with Crippen molar-refractivity contribution < 1.29 is 0 Å². The van der Waals surface area contributed by atoms with Crippen molar-refractivity contribution in [3.8, 4) is 12.3 Å². The Kier molecular flexibility index (Phi) is 2.13. The van der Waals surface area contributed by atoms with Crippen molar-refractivity contribution in [3.05, 3.63) is 35.4 Å². The van der Waals surface area contributed by atoms with Crippen LogP contribution >= 0.6 is 0 Å². The molecule has 1 fully saturated rings. The lowest BCUT2D eigenvalue weighted by molar-refractivity contribution is 0.503. The van der Waals surface area contributed by atoms with Gasteiger partial charge >= 0.3 is 0 Å². The van der Waals surface area contributed by atoms with Crippen LogP contribution in [0.15, 0.2) is 24.3 Å². The van der Waals surface area contributed by atoms with E-state index in [4.69, 9.17) is 12.2 Å². The minimum absolute atomic E-state index is 0.181. The van der Waals surface area contributed by atoms with Crippen molar-refractivity contribution in [2.24, 2.45) is 11.1 Å². The van der Waals surface area contributed by atoms with Crippen molar-refractivity contribution in [2.75, 3.05) is 6.54 Å². The maximum atomic E-state index is 5.91. The summed E-state index contributed by atoms with van der Waals surface area (Å²) in [5.74, 6) is 2.63. The van der Waals surface area contributed by atoms with Gasteiger partial charge in [0.05, 0.1) is 0 Å². The van der Waals surface area contributed by atoms with Gasteiger partial charge in [0.1, 0.15) is 0 Å². The van der Waals surface area contributed by atoms with Gasteiger partial charge in [0, 0.05) is 17.5 Å². The van der Waals surface area contributed by atoms with Gasteiger partial charge in [-0.3, -0.25) is 0 Å². The number of hydrogen-bond donors (Lipinski definition) is 1. The molecule has 0 aliphatic heterocycles. The average molecular weight is 199 g/mol. The van der Waals surface area contributed by atoms with E-state index >= 15 is 0 Å². The monoisotopic (exact) mass is 199 g/mol. The standard InChI is InChI=1S/C14H17N/c1-4-11-5-7-12(8-6-11)14(10-15)9-13(14,2)3/h1,5-8H,9-10,15H2,2-3H3. The molecule has 0 heterocycles. The second-order valence-electron chi connectivity index (χ2n) is 5.07. The predicted molar refractivity (Wildman–Crippen MR) is 63.5 cm³/mol. The minimum atomic E-state index is 0.181. The maximum absolute atomic E-state index is 5.91. The van der Waals surface area contributed by atoms with Gasteiger partial charge in [-0.25, -0.2) is 0 Å². The zero-order valence-corrected chi connectivity index (χ0v) is 9.38. The molecule has 1 aromatic rings. The Hall–Kier alpha value is -1.26. The summed E-state index contributed by atoms with van der Waals surface area (Å²) in [7, 11) is 0. The molecule has 2 rings (SSSR count). The van der Waals surface area contributed by atoms with Crippen LogP contribution in [0.5, 0.6) is 0 Å². The highest BCUT2D eigenvalue weighted by Crippen LogP contribution is 2.63. The smallest absolute Gasteiger partial charge is 0.0242 e. The molecule has 1 heteroatoms. The molecule has 0 radical (unpaired) electrons. The molecule has 2 N–H and O–H groups in total. The van der Waals surface area contributed by atoms with Gasteiger partial charge < -0.3 is 5.73 Å². The Bertz CT molecular complexity index is 408. The van der Waals surface area contributed by atoms with Crippen molar-refractivity contribution in [2.45, 2.75) is 25.7 Å². The number of nitrogens with two attached hydrogens (primary N) is 1. The van der Waals surface area contributed by atoms with E-state index in [9.17, 15) is 0 Å². The van der Waals surface area contributed by atoms with Gasteiger partial charge in [-0.15, -0.1) is 6.42 Å². The third-order valence-corrected chi connectivity index (χ3v) is 3.87. The Morgan fingerprint density at radius 3 is 2.20 bits per heavy atom. The number of hydrogen-bond acceptors (Lipinski definition) is 1. The van der Waals surface area contributed by atoms with E-state index in [1.807, 2.05) is 12.1 Å². The molecule has 0 bridgehead atoms. The zero-order valence-electron chi connectivity index (χ0n) is 9.38. The first-order chi connectivity index (χ1) is 7.05. The summed E-state index contributed by atoms with van der Waals surface area (Å²) in [5, 5.41) is 0. The van der Waals surface area contributed by atoms with Crippen LogP contribution in [0.3, 0.4) is 0 Å². The Morgan fingerprint density at radius 2 is 1.87 bits per heavy atom. The highest BCUT2D eigenvalue weighted by molar-refractivity contribution is 5.42. The van der Waals surface area contributed by atoms with Crippen LogP contribution in [-0.2, 0) is 5.41 Å². The van der Waals surface area contributed by atoms with Gasteiger partial charge in [0.2, 0.25) is 0 Å². The lowest BCUT2D eigenvalue weighted by Gasteiger charge is -2.19. The molecule has 0 saturated heterocycles. The van der Waals surface area contributed by atoms with Crippen LogP contribution in [0, 0.1) is 17.8 Å². The van der Waals surface area contributed by atoms with Crippen LogP contribution in [0.4, 0.5) is 0 Å². The van der Waals surface area contributed by atoms with Gasteiger partial charge in [-0.1, -0.05) is 31.9 Å². The second-order valence-corrected chi connectivity index (χ2v) is 5.07. The first kappa shape index (κ1) is 10.3. The van der Waals surface area contributed by atoms with Crippen molar-refractivity contribution >= 4 is 0 Å². The molecule has 1 nitrogen and oxygen atoms in total.